The Kier molecular flexibility index (Phi) is 4.79. The van der Waals surface area contributed by atoms with Crippen molar-refractivity contribution in [3.05, 3.63) is 34.9 Å². The molecule has 0 unspecified atom stereocenters. The van der Waals surface area contributed by atoms with Gasteiger partial charge in [-0.05, 0) is 18.6 Å². The fourth-order valence-corrected chi connectivity index (χ4v) is 2.74. The number of benzene rings is 1. The van der Waals surface area contributed by atoms with Crippen LogP contribution in [0, 0.1) is 6.92 Å². The second kappa shape index (κ2) is 6.28. The summed E-state index contributed by atoms with van der Waals surface area (Å²) in [5, 5.41) is 28.7. The zero-order valence-corrected chi connectivity index (χ0v) is 12.2. The molecule has 1 aromatic rings. The van der Waals surface area contributed by atoms with Crippen molar-refractivity contribution in [2.45, 2.75) is 38.0 Å². The van der Waals surface area contributed by atoms with E-state index in [4.69, 9.17) is 5.11 Å². The SMILES string of the molecule is Cc1cc(CN2CC[C@](O)(C(=O)O)[C@@H](O)C2)cc(C(F)F)c1. The molecule has 2 rings (SSSR count). The van der Waals surface area contributed by atoms with Gasteiger partial charge in [-0.15, -0.1) is 0 Å². The third-order valence-corrected chi connectivity index (χ3v) is 3.98. The van der Waals surface area contributed by atoms with Crippen LogP contribution in [0.15, 0.2) is 18.2 Å². The van der Waals surface area contributed by atoms with Crippen molar-refractivity contribution < 1.29 is 28.9 Å². The van der Waals surface area contributed by atoms with Gasteiger partial charge in [-0.25, -0.2) is 13.6 Å². The highest BCUT2D eigenvalue weighted by Crippen LogP contribution is 2.26. The van der Waals surface area contributed by atoms with Crippen molar-refractivity contribution in [2.24, 2.45) is 0 Å². The first kappa shape index (κ1) is 16.8. The van der Waals surface area contributed by atoms with Crippen LogP contribution in [0.3, 0.4) is 0 Å². The fraction of sp³-hybridized carbons (Fsp3) is 0.533. The first-order valence-electron chi connectivity index (χ1n) is 6.97. The zero-order chi connectivity index (χ0) is 16.5. The second-order valence-corrected chi connectivity index (χ2v) is 5.78. The summed E-state index contributed by atoms with van der Waals surface area (Å²) in [5.41, 5.74) is -0.817. The van der Waals surface area contributed by atoms with Crippen LogP contribution in [0.2, 0.25) is 0 Å². The summed E-state index contributed by atoms with van der Waals surface area (Å²) in [6.45, 7) is 2.27. The van der Waals surface area contributed by atoms with E-state index in [0.29, 0.717) is 17.7 Å². The van der Waals surface area contributed by atoms with Gasteiger partial charge in [0.05, 0.1) is 0 Å². The van der Waals surface area contributed by atoms with Crippen LogP contribution in [0.25, 0.3) is 0 Å². The molecule has 3 N–H and O–H groups in total. The summed E-state index contributed by atoms with van der Waals surface area (Å²) < 4.78 is 25.6. The molecule has 1 aliphatic rings. The molecule has 1 heterocycles. The largest absolute Gasteiger partial charge is 0.479 e. The number of rotatable bonds is 4. The normalized spacial score (nSPS) is 26.4. The van der Waals surface area contributed by atoms with E-state index < -0.39 is 24.1 Å². The molecular formula is C15H19F2NO4. The van der Waals surface area contributed by atoms with Gasteiger partial charge in [0, 0.05) is 31.6 Å². The Labute approximate surface area is 126 Å². The summed E-state index contributed by atoms with van der Waals surface area (Å²) in [7, 11) is 0. The Morgan fingerprint density at radius 3 is 2.68 bits per heavy atom. The average molecular weight is 315 g/mol. The van der Waals surface area contributed by atoms with E-state index in [-0.39, 0.29) is 25.1 Å². The van der Waals surface area contributed by atoms with Crippen molar-refractivity contribution >= 4 is 5.97 Å². The Hall–Kier alpha value is -1.57. The monoisotopic (exact) mass is 315 g/mol. The molecule has 22 heavy (non-hydrogen) atoms. The van der Waals surface area contributed by atoms with Crippen molar-refractivity contribution in [1.29, 1.82) is 0 Å². The molecule has 1 aliphatic heterocycles. The minimum Gasteiger partial charge on any atom is -0.479 e. The predicted molar refractivity (Wildman–Crippen MR) is 74.6 cm³/mol. The van der Waals surface area contributed by atoms with Gasteiger partial charge >= 0.3 is 5.97 Å². The molecule has 122 valence electrons. The molecule has 5 nitrogen and oxygen atoms in total. The fourth-order valence-electron chi connectivity index (χ4n) is 2.74. The minimum absolute atomic E-state index is 0.0270. The van der Waals surface area contributed by atoms with E-state index >= 15 is 0 Å². The maximum Gasteiger partial charge on any atom is 0.338 e. The van der Waals surface area contributed by atoms with E-state index in [0.717, 1.165) is 0 Å². The van der Waals surface area contributed by atoms with E-state index in [1.807, 2.05) is 0 Å². The maximum absolute atomic E-state index is 12.8. The maximum atomic E-state index is 12.8. The van der Waals surface area contributed by atoms with Gasteiger partial charge < -0.3 is 15.3 Å². The molecule has 0 aromatic heterocycles. The number of aliphatic carboxylic acids is 1. The summed E-state index contributed by atoms with van der Waals surface area (Å²) in [5.74, 6) is -1.45. The Bertz CT molecular complexity index is 566. The predicted octanol–water partition coefficient (Wildman–Crippen LogP) is 1.31. The first-order chi connectivity index (χ1) is 10.2. The molecular weight excluding hydrogens is 296 g/mol. The van der Waals surface area contributed by atoms with Crippen molar-refractivity contribution in [2.75, 3.05) is 13.1 Å². The third-order valence-electron chi connectivity index (χ3n) is 3.98. The topological polar surface area (TPSA) is 81.0 Å². The number of carbonyl (C=O) groups is 1. The number of alkyl halides is 2. The molecule has 2 atom stereocenters. The molecule has 1 aromatic carbocycles. The smallest absolute Gasteiger partial charge is 0.338 e. The minimum atomic E-state index is -2.55. The molecule has 0 radical (unpaired) electrons. The van der Waals surface area contributed by atoms with Crippen LogP contribution >= 0.6 is 0 Å². The van der Waals surface area contributed by atoms with Crippen molar-refractivity contribution in [3.8, 4) is 0 Å². The van der Waals surface area contributed by atoms with E-state index in [1.54, 1.807) is 17.9 Å². The van der Waals surface area contributed by atoms with Gasteiger partial charge in [0.2, 0.25) is 0 Å². The first-order valence-corrected chi connectivity index (χ1v) is 6.97. The standard InChI is InChI=1S/C15H19F2NO4/c1-9-4-10(6-11(5-9)13(16)17)7-18-3-2-15(22,14(20)21)12(19)8-18/h4-6,12-13,19,22H,2-3,7-8H2,1H3,(H,20,21)/t12-,15+/m0/s1. The number of carboxylic acid groups (broad SMARTS) is 1. The van der Waals surface area contributed by atoms with Crippen LogP contribution in [0.1, 0.15) is 29.5 Å². The second-order valence-electron chi connectivity index (χ2n) is 5.78. The third kappa shape index (κ3) is 3.43. The number of nitrogens with zero attached hydrogens (tertiary/aromatic N) is 1. The highest BCUT2D eigenvalue weighted by Gasteiger charge is 2.47. The van der Waals surface area contributed by atoms with Crippen LogP contribution in [-0.2, 0) is 11.3 Å². The highest BCUT2D eigenvalue weighted by atomic mass is 19.3. The number of aryl methyl sites for hydroxylation is 1. The van der Waals surface area contributed by atoms with Crippen LogP contribution in [0.5, 0.6) is 0 Å². The average Bonchev–Trinajstić information content (AvgIpc) is 2.42. The molecule has 0 spiro atoms. The molecule has 0 bridgehead atoms. The number of aliphatic hydroxyl groups excluding tert-OH is 1. The Morgan fingerprint density at radius 1 is 1.45 bits per heavy atom. The molecule has 7 heteroatoms. The quantitative estimate of drug-likeness (QED) is 0.781. The Balaban J connectivity index is 2.09. The van der Waals surface area contributed by atoms with E-state index in [9.17, 15) is 23.8 Å². The van der Waals surface area contributed by atoms with Crippen molar-refractivity contribution in [3.63, 3.8) is 0 Å². The summed E-state index contributed by atoms with van der Waals surface area (Å²) >= 11 is 0. The number of hydrogen-bond acceptors (Lipinski definition) is 4. The number of halogens is 2. The number of piperidine rings is 1. The molecule has 0 aliphatic carbocycles. The van der Waals surface area contributed by atoms with E-state index in [2.05, 4.69) is 0 Å². The van der Waals surface area contributed by atoms with E-state index in [1.165, 1.54) is 12.1 Å². The lowest BCUT2D eigenvalue weighted by molar-refractivity contribution is -0.181. The molecule has 1 saturated heterocycles. The van der Waals surface area contributed by atoms with Gasteiger partial charge in [0.1, 0.15) is 6.10 Å². The summed E-state index contributed by atoms with van der Waals surface area (Å²) in [4.78, 5) is 12.7. The number of likely N-dealkylation sites (tertiary alicyclic amines) is 1. The molecule has 1 fully saturated rings. The molecule has 0 amide bonds. The van der Waals surface area contributed by atoms with Gasteiger partial charge in [0.25, 0.3) is 6.43 Å². The zero-order valence-electron chi connectivity index (χ0n) is 12.2. The number of aliphatic hydroxyl groups is 2. The van der Waals surface area contributed by atoms with Crippen LogP contribution in [-0.4, -0.2) is 51.0 Å². The summed E-state index contributed by atoms with van der Waals surface area (Å²) in [6.07, 6.45) is -4.09. The van der Waals surface area contributed by atoms with Crippen molar-refractivity contribution in [1.82, 2.24) is 4.90 Å². The molecule has 0 saturated carbocycles. The number of carboxylic acids is 1. The number of hydrogen-bond donors (Lipinski definition) is 3. The van der Waals surface area contributed by atoms with Gasteiger partial charge in [-0.1, -0.05) is 17.7 Å². The Morgan fingerprint density at radius 2 is 2.14 bits per heavy atom. The van der Waals surface area contributed by atoms with Crippen LogP contribution in [0.4, 0.5) is 8.78 Å². The van der Waals surface area contributed by atoms with Gasteiger partial charge in [-0.3, -0.25) is 4.90 Å². The van der Waals surface area contributed by atoms with Gasteiger partial charge in [-0.2, -0.15) is 0 Å². The highest BCUT2D eigenvalue weighted by molar-refractivity contribution is 5.78. The van der Waals surface area contributed by atoms with Gasteiger partial charge in [0.15, 0.2) is 5.60 Å². The lowest BCUT2D eigenvalue weighted by atomic mass is 9.88. The lowest BCUT2D eigenvalue weighted by Crippen LogP contribution is -2.59. The lowest BCUT2D eigenvalue weighted by Gasteiger charge is -2.39. The number of β-amino-alcohol motifs (C(OH)–C–C–N with tert-alkyl or cyclic N) is 1. The van der Waals surface area contributed by atoms with Crippen LogP contribution < -0.4 is 0 Å². The summed E-state index contributed by atoms with van der Waals surface area (Å²) in [6, 6.07) is 4.60.